The van der Waals surface area contributed by atoms with Gasteiger partial charge in [0.1, 0.15) is 0 Å². The maximum absolute atomic E-state index is 12.7. The van der Waals surface area contributed by atoms with Crippen molar-refractivity contribution in [3.05, 3.63) is 71.3 Å². The first kappa shape index (κ1) is 19.5. The summed E-state index contributed by atoms with van der Waals surface area (Å²) < 4.78 is 42.8. The van der Waals surface area contributed by atoms with Crippen LogP contribution in [-0.2, 0) is 26.9 Å². The van der Waals surface area contributed by atoms with Gasteiger partial charge < -0.3 is 10.1 Å². The number of hydrogen-bond donors (Lipinski definition) is 1. The minimum Gasteiger partial charge on any atom is -0.455 e. The zero-order valence-corrected chi connectivity index (χ0v) is 14.0. The zero-order valence-electron chi connectivity index (χ0n) is 14.0. The maximum Gasteiger partial charge on any atom is 0.416 e. The molecule has 0 bridgehead atoms. The fourth-order valence-electron chi connectivity index (χ4n) is 2.33. The molecule has 0 saturated heterocycles. The minimum atomic E-state index is -4.48. The summed E-state index contributed by atoms with van der Waals surface area (Å²) in [4.78, 5) is 23.6. The monoisotopic (exact) mass is 365 g/mol. The third kappa shape index (κ3) is 5.91. The van der Waals surface area contributed by atoms with Gasteiger partial charge >= 0.3 is 12.1 Å². The molecule has 1 atom stereocenters. The van der Waals surface area contributed by atoms with Crippen molar-refractivity contribution in [3.63, 3.8) is 0 Å². The van der Waals surface area contributed by atoms with Gasteiger partial charge in [-0.05, 0) is 24.1 Å². The van der Waals surface area contributed by atoms with E-state index in [2.05, 4.69) is 5.32 Å². The molecule has 4 nitrogen and oxygen atoms in total. The van der Waals surface area contributed by atoms with Gasteiger partial charge in [0.25, 0.3) is 5.91 Å². The number of rotatable bonds is 6. The Bertz CT molecular complexity index is 760. The third-order valence-electron chi connectivity index (χ3n) is 3.64. The molecular weight excluding hydrogens is 347 g/mol. The highest BCUT2D eigenvalue weighted by atomic mass is 19.4. The van der Waals surface area contributed by atoms with Crippen LogP contribution in [0.2, 0.25) is 0 Å². The largest absolute Gasteiger partial charge is 0.455 e. The Morgan fingerprint density at radius 1 is 1.08 bits per heavy atom. The van der Waals surface area contributed by atoms with Crippen LogP contribution in [0.15, 0.2) is 54.6 Å². The van der Waals surface area contributed by atoms with Gasteiger partial charge in [0.15, 0.2) is 6.61 Å². The highest BCUT2D eigenvalue weighted by Gasteiger charge is 2.30. The van der Waals surface area contributed by atoms with Crippen LogP contribution in [0.25, 0.3) is 0 Å². The fourth-order valence-corrected chi connectivity index (χ4v) is 2.33. The van der Waals surface area contributed by atoms with Crippen LogP contribution in [0.3, 0.4) is 0 Å². The molecular formula is C19H18F3NO3. The first-order valence-corrected chi connectivity index (χ1v) is 7.92. The predicted molar refractivity (Wildman–Crippen MR) is 89.1 cm³/mol. The lowest BCUT2D eigenvalue weighted by atomic mass is 10.1. The molecule has 2 rings (SSSR count). The van der Waals surface area contributed by atoms with Gasteiger partial charge in [-0.2, -0.15) is 13.2 Å². The van der Waals surface area contributed by atoms with E-state index in [1.807, 2.05) is 30.3 Å². The quantitative estimate of drug-likeness (QED) is 0.795. The zero-order chi connectivity index (χ0) is 19.2. The summed E-state index contributed by atoms with van der Waals surface area (Å²) in [5, 5.41) is 2.68. The van der Waals surface area contributed by atoms with Crippen molar-refractivity contribution in [2.24, 2.45) is 0 Å². The number of carbonyl (C=O) groups excluding carboxylic acids is 2. The number of benzene rings is 2. The smallest absolute Gasteiger partial charge is 0.416 e. The van der Waals surface area contributed by atoms with E-state index in [-0.39, 0.29) is 18.0 Å². The van der Waals surface area contributed by atoms with E-state index in [4.69, 9.17) is 4.74 Å². The average Bonchev–Trinajstić information content (AvgIpc) is 2.60. The summed E-state index contributed by atoms with van der Waals surface area (Å²) in [6, 6.07) is 13.4. The van der Waals surface area contributed by atoms with Gasteiger partial charge in [0.05, 0.1) is 18.0 Å². The molecule has 7 heteroatoms. The molecule has 0 fully saturated rings. The van der Waals surface area contributed by atoms with Gasteiger partial charge in [0, 0.05) is 0 Å². The third-order valence-corrected chi connectivity index (χ3v) is 3.64. The lowest BCUT2D eigenvalue weighted by Crippen LogP contribution is -2.31. The fraction of sp³-hybridized carbons (Fsp3) is 0.263. The molecule has 2 aromatic rings. The standard InChI is InChI=1S/C19H18F3NO3/c1-13(15-7-3-2-4-8-15)23-17(24)12-26-18(25)11-14-6-5-9-16(10-14)19(20,21)22/h2-10,13H,11-12H2,1H3,(H,23,24)/t13-/m1/s1. The van der Waals surface area contributed by atoms with Crippen LogP contribution in [0.4, 0.5) is 13.2 Å². The number of carbonyl (C=O) groups is 2. The summed E-state index contributed by atoms with van der Waals surface area (Å²) in [7, 11) is 0. The second-order valence-corrected chi connectivity index (χ2v) is 5.74. The summed E-state index contributed by atoms with van der Waals surface area (Å²) in [6.45, 7) is 1.30. The van der Waals surface area contributed by atoms with E-state index >= 15 is 0 Å². The van der Waals surface area contributed by atoms with Gasteiger partial charge in [0.2, 0.25) is 0 Å². The van der Waals surface area contributed by atoms with Crippen molar-refractivity contribution in [1.82, 2.24) is 5.32 Å². The van der Waals surface area contributed by atoms with E-state index in [9.17, 15) is 22.8 Å². The van der Waals surface area contributed by atoms with Crippen LogP contribution in [0, 0.1) is 0 Å². The van der Waals surface area contributed by atoms with Crippen molar-refractivity contribution in [2.45, 2.75) is 25.6 Å². The molecule has 0 spiro atoms. The topological polar surface area (TPSA) is 55.4 Å². The number of amides is 1. The molecule has 0 aliphatic carbocycles. The molecule has 0 aliphatic rings. The minimum absolute atomic E-state index is 0.169. The highest BCUT2D eigenvalue weighted by molar-refractivity contribution is 5.81. The molecule has 0 aromatic heterocycles. The molecule has 0 heterocycles. The number of ether oxygens (including phenoxy) is 1. The maximum atomic E-state index is 12.7. The van der Waals surface area contributed by atoms with Crippen LogP contribution < -0.4 is 5.32 Å². The van der Waals surface area contributed by atoms with E-state index in [1.54, 1.807) is 6.92 Å². The van der Waals surface area contributed by atoms with E-state index < -0.39 is 30.2 Å². The van der Waals surface area contributed by atoms with Crippen molar-refractivity contribution >= 4 is 11.9 Å². The molecule has 2 aromatic carbocycles. The van der Waals surface area contributed by atoms with Crippen molar-refractivity contribution in [3.8, 4) is 0 Å². The first-order valence-electron chi connectivity index (χ1n) is 7.92. The Hall–Kier alpha value is -2.83. The molecule has 26 heavy (non-hydrogen) atoms. The molecule has 138 valence electrons. The van der Waals surface area contributed by atoms with Crippen LogP contribution >= 0.6 is 0 Å². The Balaban J connectivity index is 1.82. The van der Waals surface area contributed by atoms with Gasteiger partial charge in [-0.1, -0.05) is 48.5 Å². The van der Waals surface area contributed by atoms with Crippen LogP contribution in [-0.4, -0.2) is 18.5 Å². The lowest BCUT2D eigenvalue weighted by molar-refractivity contribution is -0.148. The Morgan fingerprint density at radius 2 is 1.77 bits per heavy atom. The Morgan fingerprint density at radius 3 is 2.42 bits per heavy atom. The van der Waals surface area contributed by atoms with Gasteiger partial charge in [-0.25, -0.2) is 0 Å². The molecule has 0 unspecified atom stereocenters. The van der Waals surface area contributed by atoms with Crippen molar-refractivity contribution in [2.75, 3.05) is 6.61 Å². The van der Waals surface area contributed by atoms with E-state index in [0.29, 0.717) is 0 Å². The summed E-state index contributed by atoms with van der Waals surface area (Å²) >= 11 is 0. The van der Waals surface area contributed by atoms with Gasteiger partial charge in [-0.15, -0.1) is 0 Å². The van der Waals surface area contributed by atoms with Crippen molar-refractivity contribution < 1.29 is 27.5 Å². The number of alkyl halides is 3. The SMILES string of the molecule is C[C@@H](NC(=O)COC(=O)Cc1cccc(C(F)(F)F)c1)c1ccccc1. The summed E-state index contributed by atoms with van der Waals surface area (Å²) in [6.07, 6.45) is -4.82. The Kier molecular flexibility index (Phi) is 6.38. The van der Waals surface area contributed by atoms with Crippen LogP contribution in [0.5, 0.6) is 0 Å². The molecule has 0 saturated carbocycles. The van der Waals surface area contributed by atoms with Crippen molar-refractivity contribution in [1.29, 1.82) is 0 Å². The Labute approximate surface area is 149 Å². The predicted octanol–water partition coefficient (Wildman–Crippen LogP) is 3.67. The number of halogens is 3. The molecule has 0 aliphatic heterocycles. The normalized spacial score (nSPS) is 12.3. The second kappa shape index (κ2) is 8.51. The summed E-state index contributed by atoms with van der Waals surface area (Å²) in [5.74, 6) is -1.26. The van der Waals surface area contributed by atoms with Gasteiger partial charge in [-0.3, -0.25) is 9.59 Å². The average molecular weight is 365 g/mol. The lowest BCUT2D eigenvalue weighted by Gasteiger charge is -2.14. The molecule has 1 amide bonds. The summed E-state index contributed by atoms with van der Waals surface area (Å²) in [5.41, 5.74) is 0.233. The first-order chi connectivity index (χ1) is 12.3. The molecule has 1 N–H and O–H groups in total. The molecule has 0 radical (unpaired) electrons. The highest BCUT2D eigenvalue weighted by Crippen LogP contribution is 2.29. The van der Waals surface area contributed by atoms with E-state index in [0.717, 1.165) is 17.7 Å². The number of nitrogens with one attached hydrogen (secondary N) is 1. The van der Waals surface area contributed by atoms with Crippen LogP contribution in [0.1, 0.15) is 29.7 Å². The van der Waals surface area contributed by atoms with E-state index in [1.165, 1.54) is 12.1 Å². The number of hydrogen-bond acceptors (Lipinski definition) is 3. The number of esters is 1. The second-order valence-electron chi connectivity index (χ2n) is 5.74.